The van der Waals surface area contributed by atoms with Gasteiger partial charge in [0.2, 0.25) is 0 Å². The molecule has 0 saturated heterocycles. The summed E-state index contributed by atoms with van der Waals surface area (Å²) in [5.41, 5.74) is 5.01. The molecule has 7 nitrogen and oxygen atoms in total. The summed E-state index contributed by atoms with van der Waals surface area (Å²) in [4.78, 5) is 32.1. The molecule has 3 rings (SSSR count). The van der Waals surface area contributed by atoms with Gasteiger partial charge in [-0.3, -0.25) is 14.4 Å². The molecule has 0 bridgehead atoms. The molecule has 0 heterocycles. The molecule has 0 atom stereocenters. The zero-order chi connectivity index (χ0) is 23.3. The number of carboxylic acids is 1. The smallest absolute Gasteiger partial charge is 0.313 e. The number of nitrogens with one attached hydrogen (secondary N) is 1. The molecule has 0 spiro atoms. The van der Waals surface area contributed by atoms with Crippen molar-refractivity contribution in [3.63, 3.8) is 0 Å². The number of carboxylic acid groups (broad SMARTS) is 1. The number of benzene rings is 2. The zero-order valence-corrected chi connectivity index (χ0v) is 23.6. The molecule has 0 aromatic heterocycles. The second kappa shape index (κ2) is 17.7. The molecular weight excluding hydrogens is 531 g/mol. The summed E-state index contributed by atoms with van der Waals surface area (Å²) in [6.07, 6.45) is 0.266. The monoisotopic (exact) mass is 563 g/mol. The molecule has 0 unspecified atom stereocenters. The van der Waals surface area contributed by atoms with E-state index < -0.39 is 5.97 Å². The third kappa shape index (κ3) is 10.7. The van der Waals surface area contributed by atoms with Gasteiger partial charge in [-0.05, 0) is 29.3 Å². The average Bonchev–Trinajstić information content (AvgIpc) is 3.10. The third-order valence-corrected chi connectivity index (χ3v) is 5.65. The molecule has 0 fully saturated rings. The number of likely N-dealkylation sites (N-methyl/N-ethyl adjacent to an activating group) is 1. The number of fused-ring (bicyclic) bond motifs is 3. The molecule has 0 saturated carbocycles. The van der Waals surface area contributed by atoms with Crippen LogP contribution in [-0.4, -0.2) is 61.3 Å². The number of esters is 2. The zero-order valence-electron chi connectivity index (χ0n) is 19.9. The van der Waals surface area contributed by atoms with Crippen LogP contribution in [-0.2, 0) is 56.6 Å². The maximum atomic E-state index is 11.0. The van der Waals surface area contributed by atoms with Crippen LogP contribution in [0.4, 0.5) is 0 Å². The molecular formula is C25H32NO6SY-. The first kappa shape index (κ1) is 32.3. The Bertz CT molecular complexity index is 878. The first-order valence-electron chi connectivity index (χ1n) is 10.3. The number of hydrogen-bond acceptors (Lipinski definition) is 7. The molecule has 0 amide bonds. The van der Waals surface area contributed by atoms with Gasteiger partial charge in [0, 0.05) is 57.8 Å². The number of carbonyl (C=O) groups is 3. The van der Waals surface area contributed by atoms with Crippen molar-refractivity contribution in [2.45, 2.75) is 19.3 Å². The standard InChI is InChI=1S/C16H14O2.C8H15NO4S.CH3.Y/c1-11(17)18-10-16-14-8-4-2-6-12(14)13-7-3-5-9-15(13)16;1-9-3-4-13-8(12)2-5-14-6-7(10)11;;/h2-9,16H,10H2,1H3;9H,2-6H2,1H3,(H,10,11);1H3;/q;;-1;. The van der Waals surface area contributed by atoms with Gasteiger partial charge >= 0.3 is 17.9 Å². The van der Waals surface area contributed by atoms with E-state index in [1.165, 1.54) is 40.9 Å². The van der Waals surface area contributed by atoms with Crippen LogP contribution < -0.4 is 5.32 Å². The molecule has 0 aliphatic heterocycles. The summed E-state index contributed by atoms with van der Waals surface area (Å²) in [5.74, 6) is -0.677. The largest absolute Gasteiger partial charge is 0.481 e. The Morgan fingerprint density at radius 3 is 2.06 bits per heavy atom. The Hall–Kier alpha value is -1.74. The van der Waals surface area contributed by atoms with Gasteiger partial charge < -0.3 is 27.3 Å². The van der Waals surface area contributed by atoms with Crippen molar-refractivity contribution < 1.29 is 61.7 Å². The van der Waals surface area contributed by atoms with Crippen LogP contribution in [0, 0.1) is 7.43 Å². The van der Waals surface area contributed by atoms with E-state index in [1.54, 1.807) is 7.05 Å². The maximum absolute atomic E-state index is 11.0. The van der Waals surface area contributed by atoms with E-state index in [2.05, 4.69) is 29.6 Å². The first-order valence-corrected chi connectivity index (χ1v) is 11.5. The Labute approximate surface area is 231 Å². The van der Waals surface area contributed by atoms with E-state index in [9.17, 15) is 14.4 Å². The molecule has 2 aromatic rings. The number of rotatable bonds is 10. The van der Waals surface area contributed by atoms with Crippen LogP contribution in [0.3, 0.4) is 0 Å². The number of hydrogen-bond donors (Lipinski definition) is 2. The molecule has 1 aliphatic rings. The summed E-state index contributed by atoms with van der Waals surface area (Å²) in [6, 6.07) is 16.6. The van der Waals surface area contributed by atoms with Crippen LogP contribution in [0.25, 0.3) is 11.1 Å². The number of carbonyl (C=O) groups excluding carboxylic acids is 2. The van der Waals surface area contributed by atoms with Crippen molar-refractivity contribution in [2.75, 3.05) is 38.3 Å². The minimum atomic E-state index is -0.862. The predicted molar refractivity (Wildman–Crippen MR) is 131 cm³/mol. The van der Waals surface area contributed by atoms with Crippen LogP contribution >= 0.6 is 11.8 Å². The molecule has 2 N–H and O–H groups in total. The van der Waals surface area contributed by atoms with Crippen LogP contribution in [0.5, 0.6) is 0 Å². The number of aliphatic carboxylic acids is 1. The predicted octanol–water partition coefficient (Wildman–Crippen LogP) is 3.77. The average molecular weight is 564 g/mol. The van der Waals surface area contributed by atoms with Crippen LogP contribution in [0.2, 0.25) is 0 Å². The first-order chi connectivity index (χ1) is 15.4. The fraction of sp³-hybridized carbons (Fsp3) is 0.360. The summed E-state index contributed by atoms with van der Waals surface area (Å²) in [6.45, 7) is 2.86. The van der Waals surface area contributed by atoms with E-state index in [-0.39, 0.29) is 70.2 Å². The number of ether oxygens (including phenoxy) is 2. The van der Waals surface area contributed by atoms with Crippen molar-refractivity contribution in [3.05, 3.63) is 67.1 Å². The Kier molecular flexibility index (Phi) is 16.8. The fourth-order valence-electron chi connectivity index (χ4n) is 3.29. The minimum absolute atomic E-state index is 0. The second-order valence-electron chi connectivity index (χ2n) is 7.05. The van der Waals surface area contributed by atoms with E-state index in [0.29, 0.717) is 25.5 Å². The molecule has 2 aromatic carbocycles. The maximum Gasteiger partial charge on any atom is 0.313 e. The second-order valence-corrected chi connectivity index (χ2v) is 8.16. The van der Waals surface area contributed by atoms with Gasteiger partial charge in [-0.25, -0.2) is 0 Å². The topological polar surface area (TPSA) is 102 Å². The number of thioether (sulfide) groups is 1. The van der Waals surface area contributed by atoms with Crippen LogP contribution in [0.15, 0.2) is 48.5 Å². The Balaban J connectivity index is 0.000000627. The van der Waals surface area contributed by atoms with Gasteiger partial charge in [0.1, 0.15) is 13.2 Å². The van der Waals surface area contributed by atoms with Crippen molar-refractivity contribution in [3.8, 4) is 11.1 Å². The molecule has 9 heteroatoms. The van der Waals surface area contributed by atoms with E-state index in [0.717, 1.165) is 0 Å². The van der Waals surface area contributed by atoms with Gasteiger partial charge in [0.25, 0.3) is 0 Å². The Morgan fingerprint density at radius 1 is 1.00 bits per heavy atom. The van der Waals surface area contributed by atoms with E-state index >= 15 is 0 Å². The van der Waals surface area contributed by atoms with Crippen molar-refractivity contribution >= 4 is 29.7 Å². The molecule has 34 heavy (non-hydrogen) atoms. The fourth-order valence-corrected chi connectivity index (χ4v) is 3.92. The molecule has 1 aliphatic carbocycles. The van der Waals surface area contributed by atoms with Gasteiger partial charge in [0.05, 0.1) is 12.2 Å². The minimum Gasteiger partial charge on any atom is -0.481 e. The van der Waals surface area contributed by atoms with E-state index in [1.807, 2.05) is 24.3 Å². The summed E-state index contributed by atoms with van der Waals surface area (Å²) >= 11 is 1.21. The van der Waals surface area contributed by atoms with Gasteiger partial charge in [-0.1, -0.05) is 48.5 Å². The Morgan fingerprint density at radius 2 is 1.56 bits per heavy atom. The summed E-state index contributed by atoms with van der Waals surface area (Å²) < 4.78 is 10.0. The van der Waals surface area contributed by atoms with E-state index in [4.69, 9.17) is 14.6 Å². The van der Waals surface area contributed by atoms with Crippen molar-refractivity contribution in [2.24, 2.45) is 0 Å². The van der Waals surface area contributed by atoms with Crippen LogP contribution in [0.1, 0.15) is 30.4 Å². The van der Waals surface area contributed by atoms with Crippen molar-refractivity contribution in [1.82, 2.24) is 5.32 Å². The third-order valence-electron chi connectivity index (χ3n) is 4.71. The van der Waals surface area contributed by atoms with Gasteiger partial charge in [-0.15, -0.1) is 11.8 Å². The molecule has 183 valence electrons. The van der Waals surface area contributed by atoms with Gasteiger partial charge in [-0.2, -0.15) is 0 Å². The quantitative estimate of drug-likeness (QED) is 0.256. The SMILES string of the molecule is CC(=O)OCC1c2ccccc2-c2ccccc21.CNCCOC(=O)CCSCC(=O)O.[CH3-].[Y]. The molecule has 1 radical (unpaired) electrons. The van der Waals surface area contributed by atoms with Crippen molar-refractivity contribution in [1.29, 1.82) is 0 Å². The van der Waals surface area contributed by atoms with Gasteiger partial charge in [0.15, 0.2) is 0 Å². The normalized spacial score (nSPS) is 10.9. The summed E-state index contributed by atoms with van der Waals surface area (Å²) in [5, 5.41) is 11.2. The summed E-state index contributed by atoms with van der Waals surface area (Å²) in [7, 11) is 1.77.